The molecule has 5 N–H and O–H groups in total. The zero-order chi connectivity index (χ0) is 26.1. The Labute approximate surface area is 225 Å². The van der Waals surface area contributed by atoms with E-state index in [-0.39, 0.29) is 29.1 Å². The first-order chi connectivity index (χ1) is 17.9. The molecule has 0 unspecified atom stereocenters. The van der Waals surface area contributed by atoms with Crippen molar-refractivity contribution in [3.05, 3.63) is 44.4 Å². The monoisotopic (exact) mass is 548 g/mol. The molecule has 1 fully saturated rings. The molecule has 0 aliphatic carbocycles. The summed E-state index contributed by atoms with van der Waals surface area (Å²) >= 11 is 12.9. The summed E-state index contributed by atoms with van der Waals surface area (Å²) in [4.78, 5) is 28.8. The van der Waals surface area contributed by atoms with Gasteiger partial charge in [-0.1, -0.05) is 23.2 Å². The fourth-order valence-corrected chi connectivity index (χ4v) is 5.72. The van der Waals surface area contributed by atoms with E-state index in [1.165, 1.54) is 6.07 Å². The molecule has 0 aromatic heterocycles. The number of piperidine rings is 1. The fourth-order valence-electron chi connectivity index (χ4n) is 5.22. The van der Waals surface area contributed by atoms with Gasteiger partial charge in [-0.2, -0.15) is 0 Å². The van der Waals surface area contributed by atoms with Gasteiger partial charge in [0.05, 0.1) is 45.8 Å². The van der Waals surface area contributed by atoms with Crippen molar-refractivity contribution in [2.75, 3.05) is 50.5 Å². The van der Waals surface area contributed by atoms with Crippen molar-refractivity contribution in [3.63, 3.8) is 0 Å². The number of nitrogen functional groups attached to an aromatic ring is 1. The van der Waals surface area contributed by atoms with E-state index >= 15 is 0 Å². The molecule has 9 nitrogen and oxygen atoms in total. The number of halogens is 2. The Hall–Kier alpha value is -2.72. The lowest BCUT2D eigenvalue weighted by Crippen LogP contribution is -2.45. The van der Waals surface area contributed by atoms with Crippen LogP contribution in [0.5, 0.6) is 11.5 Å². The van der Waals surface area contributed by atoms with Gasteiger partial charge in [0.15, 0.2) is 0 Å². The smallest absolute Gasteiger partial charge is 0.259 e. The van der Waals surface area contributed by atoms with Crippen LogP contribution in [0.25, 0.3) is 0 Å². The van der Waals surface area contributed by atoms with E-state index in [0.29, 0.717) is 65.1 Å². The van der Waals surface area contributed by atoms with Crippen molar-refractivity contribution in [3.8, 4) is 11.5 Å². The van der Waals surface area contributed by atoms with Crippen LogP contribution in [-0.4, -0.2) is 67.3 Å². The average Bonchev–Trinajstić information content (AvgIpc) is 3.58. The van der Waals surface area contributed by atoms with Gasteiger partial charge in [-0.3, -0.25) is 9.59 Å². The maximum Gasteiger partial charge on any atom is 0.259 e. The lowest BCUT2D eigenvalue weighted by Gasteiger charge is -2.32. The zero-order valence-corrected chi connectivity index (χ0v) is 21.9. The minimum atomic E-state index is -0.429. The number of aliphatic hydroxyl groups is 1. The summed E-state index contributed by atoms with van der Waals surface area (Å²) in [6, 6.07) is 3.09. The molecule has 0 radical (unpaired) electrons. The average molecular weight is 549 g/mol. The van der Waals surface area contributed by atoms with Gasteiger partial charge in [0.2, 0.25) is 0 Å². The molecule has 3 heterocycles. The van der Waals surface area contributed by atoms with Crippen molar-refractivity contribution in [1.29, 1.82) is 0 Å². The number of nitrogens with one attached hydrogen (secondary N) is 2. The molecular weight excluding hydrogens is 519 g/mol. The number of benzene rings is 2. The topological polar surface area (TPSA) is 126 Å². The Morgan fingerprint density at radius 3 is 2.32 bits per heavy atom. The number of anilines is 2. The Morgan fingerprint density at radius 1 is 1.00 bits per heavy atom. The van der Waals surface area contributed by atoms with E-state index in [2.05, 4.69) is 15.5 Å². The fraction of sp³-hybridized carbons (Fsp3) is 0.462. The first kappa shape index (κ1) is 25.9. The van der Waals surface area contributed by atoms with E-state index < -0.39 is 5.91 Å². The van der Waals surface area contributed by atoms with Gasteiger partial charge in [0, 0.05) is 56.3 Å². The maximum absolute atomic E-state index is 13.3. The number of fused-ring (bicyclic) bond motifs is 2. The Kier molecular flexibility index (Phi) is 7.67. The third-order valence-corrected chi connectivity index (χ3v) is 7.79. The van der Waals surface area contributed by atoms with Crippen molar-refractivity contribution >= 4 is 46.4 Å². The third kappa shape index (κ3) is 5.18. The highest BCUT2D eigenvalue weighted by atomic mass is 35.5. The Bertz CT molecular complexity index is 1230. The number of amides is 2. The second-order valence-corrected chi connectivity index (χ2v) is 10.3. The van der Waals surface area contributed by atoms with E-state index in [9.17, 15) is 9.59 Å². The molecule has 5 rings (SSSR count). The number of ether oxygens (including phenoxy) is 2. The molecule has 11 heteroatoms. The minimum Gasteiger partial charge on any atom is -0.492 e. The normalized spacial score (nSPS) is 17.1. The number of carbonyl (C=O) groups is 2. The highest BCUT2D eigenvalue weighted by Gasteiger charge is 2.31. The van der Waals surface area contributed by atoms with Gasteiger partial charge in [-0.15, -0.1) is 0 Å². The molecule has 3 aliphatic rings. The van der Waals surface area contributed by atoms with Crippen LogP contribution in [0.4, 0.5) is 11.4 Å². The Balaban J connectivity index is 1.33. The standard InChI is InChI=1S/C26H30Cl2N4O5/c27-19-12-17(23-15(21(19)29)4-10-36-23)26(35)31-22-16-5-11-37-24(16)18(13-20(22)28)25(34)30-14-2-7-32(8-3-14)6-1-9-33/h12-14,33H,1-11,29H2,(H,30,34)(H,31,35). The molecule has 0 saturated carbocycles. The second kappa shape index (κ2) is 10.9. The van der Waals surface area contributed by atoms with Gasteiger partial charge in [0.1, 0.15) is 11.5 Å². The predicted molar refractivity (Wildman–Crippen MR) is 142 cm³/mol. The summed E-state index contributed by atoms with van der Waals surface area (Å²) in [5.74, 6) is 0.195. The summed E-state index contributed by atoms with van der Waals surface area (Å²) in [7, 11) is 0. The van der Waals surface area contributed by atoms with Crippen molar-refractivity contribution < 1.29 is 24.2 Å². The molecule has 2 aromatic rings. The summed E-state index contributed by atoms with van der Waals surface area (Å²) in [6.45, 7) is 3.59. The molecule has 3 aliphatic heterocycles. The van der Waals surface area contributed by atoms with Gasteiger partial charge in [0.25, 0.3) is 11.8 Å². The van der Waals surface area contributed by atoms with Crippen molar-refractivity contribution in [2.45, 2.75) is 38.1 Å². The zero-order valence-electron chi connectivity index (χ0n) is 20.4. The predicted octanol–water partition coefficient (Wildman–Crippen LogP) is 3.27. The van der Waals surface area contributed by atoms with Gasteiger partial charge in [-0.25, -0.2) is 0 Å². The van der Waals surface area contributed by atoms with Crippen LogP contribution < -0.4 is 25.8 Å². The summed E-state index contributed by atoms with van der Waals surface area (Å²) in [6.07, 6.45) is 3.50. The number of hydrogen-bond acceptors (Lipinski definition) is 7. The van der Waals surface area contributed by atoms with Gasteiger partial charge >= 0.3 is 0 Å². The number of rotatable bonds is 7. The minimum absolute atomic E-state index is 0.0467. The van der Waals surface area contributed by atoms with Crippen LogP contribution in [0, 0.1) is 0 Å². The molecule has 0 spiro atoms. The van der Waals surface area contributed by atoms with Crippen LogP contribution in [0.2, 0.25) is 10.0 Å². The van der Waals surface area contributed by atoms with Crippen LogP contribution in [-0.2, 0) is 12.8 Å². The first-order valence-electron chi connectivity index (χ1n) is 12.5. The van der Waals surface area contributed by atoms with Crippen LogP contribution in [0.15, 0.2) is 12.1 Å². The Morgan fingerprint density at radius 2 is 1.62 bits per heavy atom. The largest absolute Gasteiger partial charge is 0.492 e. The molecule has 0 atom stereocenters. The molecule has 0 bridgehead atoms. The highest BCUT2D eigenvalue weighted by molar-refractivity contribution is 6.35. The molecule has 1 saturated heterocycles. The highest BCUT2D eigenvalue weighted by Crippen LogP contribution is 2.42. The molecule has 37 heavy (non-hydrogen) atoms. The number of nitrogens with zero attached hydrogens (tertiary/aromatic N) is 1. The van der Waals surface area contributed by atoms with E-state index in [0.717, 1.165) is 44.5 Å². The van der Waals surface area contributed by atoms with Gasteiger partial charge in [-0.05, 0) is 31.4 Å². The molecular formula is C26H30Cl2N4O5. The molecule has 2 aromatic carbocycles. The number of hydrogen-bond donors (Lipinski definition) is 4. The maximum atomic E-state index is 13.3. The van der Waals surface area contributed by atoms with Crippen LogP contribution in [0.1, 0.15) is 51.1 Å². The number of nitrogens with two attached hydrogens (primary N) is 1. The quantitative estimate of drug-likeness (QED) is 0.391. The van der Waals surface area contributed by atoms with Crippen LogP contribution in [0.3, 0.4) is 0 Å². The number of likely N-dealkylation sites (tertiary alicyclic amines) is 1. The molecule has 198 valence electrons. The number of aliphatic hydroxyl groups excluding tert-OH is 1. The van der Waals surface area contributed by atoms with Crippen LogP contribution >= 0.6 is 23.2 Å². The first-order valence-corrected chi connectivity index (χ1v) is 13.3. The number of carbonyl (C=O) groups excluding carboxylic acids is 2. The SMILES string of the molecule is Nc1c(Cl)cc(C(=O)Nc2c(Cl)cc(C(=O)NC3CCN(CCCO)CC3)c3c2CCO3)c2c1CCO2. The second-order valence-electron chi connectivity index (χ2n) is 9.53. The summed E-state index contributed by atoms with van der Waals surface area (Å²) < 4.78 is 11.5. The summed E-state index contributed by atoms with van der Waals surface area (Å²) in [5.41, 5.74) is 8.94. The molecule has 2 amide bonds. The van der Waals surface area contributed by atoms with E-state index in [4.69, 9.17) is 43.5 Å². The van der Waals surface area contributed by atoms with E-state index in [1.54, 1.807) is 6.07 Å². The lowest BCUT2D eigenvalue weighted by molar-refractivity contribution is 0.0905. The van der Waals surface area contributed by atoms with Crippen molar-refractivity contribution in [1.82, 2.24) is 10.2 Å². The van der Waals surface area contributed by atoms with E-state index in [1.807, 2.05) is 0 Å². The third-order valence-electron chi connectivity index (χ3n) is 7.18. The van der Waals surface area contributed by atoms with Gasteiger partial charge < -0.3 is 35.8 Å². The lowest BCUT2D eigenvalue weighted by atomic mass is 10.0. The summed E-state index contributed by atoms with van der Waals surface area (Å²) in [5, 5.41) is 15.6. The van der Waals surface area contributed by atoms with Crippen molar-refractivity contribution in [2.24, 2.45) is 0 Å².